The second-order valence-electron chi connectivity index (χ2n) is 8.51. The SMILES string of the molecule is COc1ccc(C2=CC(c3cc(OC)c(OC)c(OC)c3)n3ncc(C(=O)Nc4ccccc4)c3N2)cc1. The van der Waals surface area contributed by atoms with E-state index >= 15 is 0 Å². The lowest BCUT2D eigenvalue weighted by Gasteiger charge is -2.27. The predicted molar refractivity (Wildman–Crippen MR) is 145 cm³/mol. The molecule has 3 aromatic carbocycles. The number of hydrogen-bond donors (Lipinski definition) is 2. The number of amides is 1. The number of methoxy groups -OCH3 is 4. The van der Waals surface area contributed by atoms with Crippen molar-refractivity contribution in [1.29, 1.82) is 0 Å². The number of anilines is 2. The molecule has 1 atom stereocenters. The molecule has 0 spiro atoms. The van der Waals surface area contributed by atoms with Gasteiger partial charge in [-0.25, -0.2) is 4.68 Å². The molecule has 0 aliphatic carbocycles. The van der Waals surface area contributed by atoms with E-state index in [-0.39, 0.29) is 11.9 Å². The van der Waals surface area contributed by atoms with Crippen LogP contribution in [0.25, 0.3) is 5.70 Å². The number of allylic oxidation sites excluding steroid dienone is 1. The first kappa shape index (κ1) is 24.8. The third-order valence-corrected chi connectivity index (χ3v) is 6.34. The van der Waals surface area contributed by atoms with Gasteiger partial charge in [-0.2, -0.15) is 5.10 Å². The summed E-state index contributed by atoms with van der Waals surface area (Å²) in [5.41, 5.74) is 3.68. The van der Waals surface area contributed by atoms with Gasteiger partial charge in [0.05, 0.1) is 40.7 Å². The number of para-hydroxylation sites is 1. The number of aromatic nitrogens is 2. The van der Waals surface area contributed by atoms with Crippen molar-refractivity contribution in [2.45, 2.75) is 6.04 Å². The highest BCUT2D eigenvalue weighted by Gasteiger charge is 2.29. The Bertz CT molecular complexity index is 1450. The summed E-state index contributed by atoms with van der Waals surface area (Å²) in [6, 6.07) is 20.4. The summed E-state index contributed by atoms with van der Waals surface area (Å²) in [6.45, 7) is 0. The highest BCUT2D eigenvalue weighted by Crippen LogP contribution is 2.43. The first-order valence-corrected chi connectivity index (χ1v) is 11.9. The number of carbonyl (C=O) groups excluding carboxylic acids is 1. The van der Waals surface area contributed by atoms with Gasteiger partial charge in [0.2, 0.25) is 5.75 Å². The van der Waals surface area contributed by atoms with Gasteiger partial charge in [0.25, 0.3) is 5.91 Å². The topological polar surface area (TPSA) is 95.9 Å². The second-order valence-corrected chi connectivity index (χ2v) is 8.51. The third-order valence-electron chi connectivity index (χ3n) is 6.34. The minimum atomic E-state index is -0.379. The second kappa shape index (κ2) is 10.6. The van der Waals surface area contributed by atoms with E-state index < -0.39 is 0 Å². The number of fused-ring (bicyclic) bond motifs is 1. The van der Waals surface area contributed by atoms with Gasteiger partial charge in [-0.3, -0.25) is 4.79 Å². The van der Waals surface area contributed by atoms with Crippen LogP contribution in [0, 0.1) is 0 Å². The molecular formula is C29H28N4O5. The first-order chi connectivity index (χ1) is 18.6. The fourth-order valence-electron chi connectivity index (χ4n) is 4.43. The van der Waals surface area contributed by atoms with Crippen LogP contribution in [0.3, 0.4) is 0 Å². The van der Waals surface area contributed by atoms with Crippen LogP contribution in [0.2, 0.25) is 0 Å². The largest absolute Gasteiger partial charge is 0.497 e. The van der Waals surface area contributed by atoms with Crippen LogP contribution in [0.4, 0.5) is 11.5 Å². The Morgan fingerprint density at radius 3 is 2.18 bits per heavy atom. The number of hydrogen-bond acceptors (Lipinski definition) is 7. The van der Waals surface area contributed by atoms with E-state index in [4.69, 9.17) is 18.9 Å². The van der Waals surface area contributed by atoms with Gasteiger partial charge >= 0.3 is 0 Å². The Balaban J connectivity index is 1.62. The van der Waals surface area contributed by atoms with Gasteiger partial charge in [0.1, 0.15) is 17.1 Å². The summed E-state index contributed by atoms with van der Waals surface area (Å²) in [6.07, 6.45) is 3.61. The molecule has 5 rings (SSSR count). The summed E-state index contributed by atoms with van der Waals surface area (Å²) >= 11 is 0. The number of ether oxygens (including phenoxy) is 4. The van der Waals surface area contributed by atoms with Crippen molar-refractivity contribution >= 4 is 23.1 Å². The number of benzene rings is 3. The standard InChI is InChI=1S/C29H28N4O5/c1-35-21-12-10-18(11-13-21)23-16-24(19-14-25(36-2)27(38-4)26(15-19)37-3)33-28(32-23)22(17-30-33)29(34)31-20-8-6-5-7-9-20/h5-17,24,32H,1-4H3,(H,31,34). The van der Waals surface area contributed by atoms with Crippen molar-refractivity contribution in [2.24, 2.45) is 0 Å². The van der Waals surface area contributed by atoms with Gasteiger partial charge in [0.15, 0.2) is 11.5 Å². The van der Waals surface area contributed by atoms with Crippen LogP contribution >= 0.6 is 0 Å². The number of nitrogens with one attached hydrogen (secondary N) is 2. The van der Waals surface area contributed by atoms with Crippen LogP contribution in [0.1, 0.15) is 27.5 Å². The van der Waals surface area contributed by atoms with E-state index in [0.29, 0.717) is 34.3 Å². The molecule has 1 aliphatic heterocycles. The minimum absolute atomic E-state index is 0.274. The molecule has 0 fully saturated rings. The number of rotatable bonds is 8. The van der Waals surface area contributed by atoms with Gasteiger partial charge in [0, 0.05) is 11.4 Å². The minimum Gasteiger partial charge on any atom is -0.497 e. The van der Waals surface area contributed by atoms with Crippen LogP contribution in [0.5, 0.6) is 23.0 Å². The van der Waals surface area contributed by atoms with Gasteiger partial charge in [-0.05, 0) is 65.7 Å². The van der Waals surface area contributed by atoms with Crippen molar-refractivity contribution in [2.75, 3.05) is 39.1 Å². The molecule has 9 heteroatoms. The quantitative estimate of drug-likeness (QED) is 0.334. The molecule has 38 heavy (non-hydrogen) atoms. The van der Waals surface area contributed by atoms with E-state index in [2.05, 4.69) is 15.7 Å². The van der Waals surface area contributed by atoms with E-state index in [9.17, 15) is 4.79 Å². The molecule has 2 N–H and O–H groups in total. The van der Waals surface area contributed by atoms with Crippen molar-refractivity contribution in [1.82, 2.24) is 9.78 Å². The molecule has 4 aromatic rings. The summed E-state index contributed by atoms with van der Waals surface area (Å²) in [4.78, 5) is 13.3. The smallest absolute Gasteiger partial charge is 0.261 e. The van der Waals surface area contributed by atoms with Gasteiger partial charge in [-0.1, -0.05) is 18.2 Å². The molecule has 2 heterocycles. The number of carbonyl (C=O) groups is 1. The molecule has 9 nitrogen and oxygen atoms in total. The fraction of sp³-hybridized carbons (Fsp3) is 0.172. The van der Waals surface area contributed by atoms with Crippen molar-refractivity contribution < 1.29 is 23.7 Å². The summed E-state index contributed by atoms with van der Waals surface area (Å²) in [5, 5.41) is 11.0. The molecule has 0 saturated heterocycles. The average Bonchev–Trinajstić information content (AvgIpc) is 3.40. The maximum atomic E-state index is 13.3. The molecule has 0 radical (unpaired) electrons. The van der Waals surface area contributed by atoms with Crippen LogP contribution in [-0.2, 0) is 0 Å². The average molecular weight is 513 g/mol. The lowest BCUT2D eigenvalue weighted by atomic mass is 10.00. The maximum Gasteiger partial charge on any atom is 0.261 e. The lowest BCUT2D eigenvalue weighted by Crippen LogP contribution is -2.22. The molecule has 1 aliphatic rings. The van der Waals surface area contributed by atoms with E-state index in [1.165, 1.54) is 0 Å². The molecule has 1 amide bonds. The normalized spacial score (nSPS) is 14.0. The Hall–Kier alpha value is -4.92. The van der Waals surface area contributed by atoms with E-state index in [0.717, 1.165) is 22.6 Å². The molecular weight excluding hydrogens is 484 g/mol. The monoisotopic (exact) mass is 512 g/mol. The Labute approximate surface area is 220 Å². The highest BCUT2D eigenvalue weighted by atomic mass is 16.5. The van der Waals surface area contributed by atoms with Crippen LogP contribution in [0.15, 0.2) is 79.0 Å². The predicted octanol–water partition coefficient (Wildman–Crippen LogP) is 5.23. The Morgan fingerprint density at radius 2 is 1.58 bits per heavy atom. The number of nitrogens with zero attached hydrogens (tertiary/aromatic N) is 2. The summed E-state index contributed by atoms with van der Waals surface area (Å²) in [5.74, 6) is 2.58. The summed E-state index contributed by atoms with van der Waals surface area (Å²) in [7, 11) is 6.35. The molecule has 1 unspecified atom stereocenters. The Kier molecular flexibility index (Phi) is 6.90. The zero-order chi connectivity index (χ0) is 26.6. The third kappa shape index (κ3) is 4.61. The Morgan fingerprint density at radius 1 is 0.895 bits per heavy atom. The molecule has 1 aromatic heterocycles. The van der Waals surface area contributed by atoms with E-state index in [1.807, 2.05) is 72.8 Å². The maximum absolute atomic E-state index is 13.3. The van der Waals surface area contributed by atoms with Crippen LogP contribution in [-0.4, -0.2) is 44.1 Å². The van der Waals surface area contributed by atoms with Crippen molar-refractivity contribution in [3.8, 4) is 23.0 Å². The fourth-order valence-corrected chi connectivity index (χ4v) is 4.43. The first-order valence-electron chi connectivity index (χ1n) is 11.9. The zero-order valence-corrected chi connectivity index (χ0v) is 21.5. The molecule has 0 saturated carbocycles. The van der Waals surface area contributed by atoms with Gasteiger partial charge in [-0.15, -0.1) is 0 Å². The molecule has 0 bridgehead atoms. The summed E-state index contributed by atoms with van der Waals surface area (Å²) < 4.78 is 23.8. The lowest BCUT2D eigenvalue weighted by molar-refractivity contribution is 0.102. The van der Waals surface area contributed by atoms with Crippen molar-refractivity contribution in [3.05, 3.63) is 95.7 Å². The zero-order valence-electron chi connectivity index (χ0n) is 21.5. The van der Waals surface area contributed by atoms with E-state index in [1.54, 1.807) is 39.3 Å². The van der Waals surface area contributed by atoms with Crippen molar-refractivity contribution in [3.63, 3.8) is 0 Å². The van der Waals surface area contributed by atoms with Gasteiger partial charge < -0.3 is 29.6 Å². The molecule has 194 valence electrons. The van der Waals surface area contributed by atoms with Crippen LogP contribution < -0.4 is 29.6 Å². The highest BCUT2D eigenvalue weighted by molar-refractivity contribution is 6.08.